The monoisotopic (exact) mass is 892 g/mol. The van der Waals surface area contributed by atoms with Crippen LogP contribution in [0.4, 0.5) is 0 Å². The summed E-state index contributed by atoms with van der Waals surface area (Å²) < 4.78 is 21.2. The Morgan fingerprint density at radius 3 is 2.40 bits per heavy atom. The Hall–Kier alpha value is -4.22. The first-order valence-electron chi connectivity index (χ1n) is 25.2. The summed E-state index contributed by atoms with van der Waals surface area (Å²) in [4.78, 5) is 25.5. The van der Waals surface area contributed by atoms with Crippen molar-refractivity contribution in [2.24, 2.45) is 22.9 Å². The lowest BCUT2D eigenvalue weighted by atomic mass is 9.55. The SMILES string of the molecule is C=CCO[C@@]12Oc3ccc(OCCN4CC4)cc3[C@H]3[C@H](CCCCO)[C@@H](CCCCO)C=C(C(=NOC)C[C@@H]1N(Cc1cccc4ccccc14)C(=O)CCCCCCCCCCC)[C@H]32. The maximum atomic E-state index is 15.3. The summed E-state index contributed by atoms with van der Waals surface area (Å²) >= 11 is 0. The normalized spacial score (nSPS) is 23.9. The number of allylic oxidation sites excluding steroid dienone is 1. The van der Waals surface area contributed by atoms with Gasteiger partial charge >= 0.3 is 0 Å². The molecule has 2 aliphatic heterocycles. The van der Waals surface area contributed by atoms with Crippen molar-refractivity contribution < 1.29 is 34.1 Å². The van der Waals surface area contributed by atoms with Crippen molar-refractivity contribution in [1.82, 2.24) is 9.80 Å². The van der Waals surface area contributed by atoms with Crippen molar-refractivity contribution in [2.75, 3.05) is 53.2 Å². The number of hydrogen-bond acceptors (Lipinski definition) is 9. The number of ether oxygens (including phenoxy) is 3. The zero-order valence-electron chi connectivity index (χ0n) is 39.5. The third-order valence-corrected chi connectivity index (χ3v) is 14.5. The summed E-state index contributed by atoms with van der Waals surface area (Å²) in [5, 5.41) is 27.0. The number of carbonyl (C=O) groups is 1. The van der Waals surface area contributed by atoms with E-state index in [9.17, 15) is 10.2 Å². The van der Waals surface area contributed by atoms with E-state index in [1.165, 1.54) is 38.5 Å². The van der Waals surface area contributed by atoms with E-state index in [2.05, 4.69) is 84.0 Å². The molecule has 6 atom stereocenters. The van der Waals surface area contributed by atoms with Gasteiger partial charge in [-0.25, -0.2) is 0 Å². The second-order valence-electron chi connectivity index (χ2n) is 18.9. The molecule has 2 N–H and O–H groups in total. The number of oxime groups is 1. The number of nitrogens with zero attached hydrogens (tertiary/aromatic N) is 3. The van der Waals surface area contributed by atoms with Gasteiger partial charge in [0.15, 0.2) is 0 Å². The molecule has 0 radical (unpaired) electrons. The molecule has 0 unspecified atom stereocenters. The van der Waals surface area contributed by atoms with Gasteiger partial charge in [0.2, 0.25) is 11.7 Å². The van der Waals surface area contributed by atoms with Crippen molar-refractivity contribution in [3.8, 4) is 11.5 Å². The lowest BCUT2D eigenvalue weighted by molar-refractivity contribution is -0.258. The van der Waals surface area contributed by atoms with E-state index in [0.717, 1.165) is 116 Å². The number of rotatable bonds is 29. The molecular weight excluding hydrogens is 815 g/mol. The van der Waals surface area contributed by atoms with Crippen LogP contribution in [0.5, 0.6) is 11.5 Å². The first kappa shape index (κ1) is 48.7. The number of hydrogen-bond donors (Lipinski definition) is 2. The fourth-order valence-electron chi connectivity index (χ4n) is 11.2. The topological polar surface area (TPSA) is 113 Å². The third kappa shape index (κ3) is 12.0. The Morgan fingerprint density at radius 2 is 1.66 bits per heavy atom. The fraction of sp³-hybridized carbons (Fsp3) is 0.600. The average molecular weight is 892 g/mol. The number of fused-ring (bicyclic) bond motifs is 3. The highest BCUT2D eigenvalue weighted by Gasteiger charge is 2.65. The minimum Gasteiger partial charge on any atom is -0.492 e. The smallest absolute Gasteiger partial charge is 0.239 e. The minimum absolute atomic E-state index is 0.0786. The zero-order valence-corrected chi connectivity index (χ0v) is 39.5. The van der Waals surface area contributed by atoms with Gasteiger partial charge in [0.25, 0.3) is 0 Å². The molecule has 3 aromatic rings. The molecule has 0 bridgehead atoms. The predicted octanol–water partition coefficient (Wildman–Crippen LogP) is 10.7. The van der Waals surface area contributed by atoms with Gasteiger partial charge in [0.05, 0.1) is 18.2 Å². The van der Waals surface area contributed by atoms with E-state index < -0.39 is 11.8 Å². The number of aliphatic hydroxyl groups excluding tert-OH is 2. The number of unbranched alkanes of at least 4 members (excludes halogenated alkanes) is 10. The number of aliphatic hydroxyl groups is 2. The summed E-state index contributed by atoms with van der Waals surface area (Å²) in [6.45, 7) is 11.0. The second kappa shape index (κ2) is 24.5. The first-order valence-corrected chi connectivity index (χ1v) is 25.2. The maximum absolute atomic E-state index is 15.3. The van der Waals surface area contributed by atoms with Gasteiger partial charge in [-0.3, -0.25) is 9.69 Å². The first-order chi connectivity index (χ1) is 32.0. The Bertz CT molecular complexity index is 2040. The zero-order chi connectivity index (χ0) is 45.4. The van der Waals surface area contributed by atoms with Gasteiger partial charge in [0.1, 0.15) is 31.3 Å². The van der Waals surface area contributed by atoms with E-state index in [1.54, 1.807) is 13.2 Å². The highest BCUT2D eigenvalue weighted by atomic mass is 16.7. The molecule has 65 heavy (non-hydrogen) atoms. The van der Waals surface area contributed by atoms with E-state index in [4.69, 9.17) is 24.2 Å². The van der Waals surface area contributed by atoms with Crippen LogP contribution in [0, 0.1) is 17.8 Å². The van der Waals surface area contributed by atoms with Crippen LogP contribution in [0.25, 0.3) is 10.8 Å². The van der Waals surface area contributed by atoms with Crippen molar-refractivity contribution >= 4 is 22.4 Å². The fourth-order valence-corrected chi connectivity index (χ4v) is 11.2. The molecule has 7 rings (SSSR count). The quantitative estimate of drug-likeness (QED) is 0.0307. The lowest BCUT2D eigenvalue weighted by Crippen LogP contribution is -2.70. The van der Waals surface area contributed by atoms with Crippen LogP contribution in [0.1, 0.15) is 133 Å². The van der Waals surface area contributed by atoms with Gasteiger partial charge in [-0.05, 0) is 84.0 Å². The maximum Gasteiger partial charge on any atom is 0.239 e. The Kier molecular flexibility index (Phi) is 18.4. The molecule has 0 spiro atoms. The van der Waals surface area contributed by atoms with Crippen LogP contribution in [-0.4, -0.2) is 96.6 Å². The molecule has 2 aliphatic carbocycles. The summed E-state index contributed by atoms with van der Waals surface area (Å²) in [5.74, 6) is 0.152. The largest absolute Gasteiger partial charge is 0.492 e. The Morgan fingerprint density at radius 1 is 0.923 bits per heavy atom. The molecule has 1 saturated heterocycles. The third-order valence-electron chi connectivity index (χ3n) is 14.5. The van der Waals surface area contributed by atoms with Crippen LogP contribution in [-0.2, 0) is 20.9 Å². The van der Waals surface area contributed by atoms with Crippen LogP contribution < -0.4 is 9.47 Å². The standard InChI is InChI=1S/C55H77N3O7/c1-4-6-7-8-9-10-11-12-13-27-52(61)58(40-43-24-20-23-41-21-14-15-25-45(41)43)51-39-49(56-62-3)47-37-42(22-16-18-33-59)46(26-17-19-34-60)53-48-38-44(63-36-32-57-30-31-57)28-29-50(48)65-55(51,54(47)53)64-35-5-2/h5,14-15,20-21,23-25,28-29,37-38,42,46,51,53-54,59-60H,2,4,6-13,16-19,22,26-27,30-36,39-40H2,1,3H3/t42-,46+,51-,53+,54+,55+/m0/s1. The molecule has 0 aromatic heterocycles. The number of benzene rings is 3. The minimum atomic E-state index is -1.31. The van der Waals surface area contributed by atoms with Gasteiger partial charge in [0, 0.05) is 63.7 Å². The molecule has 4 aliphatic rings. The Labute approximate surface area is 389 Å². The average Bonchev–Trinajstić information content (AvgIpc) is 4.16. The van der Waals surface area contributed by atoms with E-state index >= 15 is 4.79 Å². The van der Waals surface area contributed by atoms with Crippen molar-refractivity contribution in [3.05, 3.63) is 96.1 Å². The van der Waals surface area contributed by atoms with Gasteiger partial charge in [-0.2, -0.15) is 0 Å². The van der Waals surface area contributed by atoms with E-state index in [-0.39, 0.29) is 49.4 Å². The van der Waals surface area contributed by atoms with Crippen LogP contribution in [0.2, 0.25) is 0 Å². The molecule has 2 heterocycles. The number of carbonyl (C=O) groups excluding carboxylic acids is 1. The van der Waals surface area contributed by atoms with Crippen LogP contribution in [0.3, 0.4) is 0 Å². The summed E-state index contributed by atoms with van der Waals surface area (Å²) in [6.07, 6.45) is 20.5. The Balaban J connectivity index is 1.34. The number of amides is 1. The van der Waals surface area contributed by atoms with Crippen molar-refractivity contribution in [3.63, 3.8) is 0 Å². The van der Waals surface area contributed by atoms with Crippen molar-refractivity contribution in [1.29, 1.82) is 0 Å². The van der Waals surface area contributed by atoms with E-state index in [0.29, 0.717) is 32.4 Å². The van der Waals surface area contributed by atoms with Crippen molar-refractivity contribution in [2.45, 2.75) is 140 Å². The highest BCUT2D eigenvalue weighted by molar-refractivity contribution is 6.03. The molecule has 1 saturated carbocycles. The molecule has 10 heteroatoms. The summed E-state index contributed by atoms with van der Waals surface area (Å²) in [6, 6.07) is 20.5. The summed E-state index contributed by atoms with van der Waals surface area (Å²) in [7, 11) is 1.60. The van der Waals surface area contributed by atoms with Crippen LogP contribution in [0.15, 0.2) is 90.1 Å². The highest BCUT2D eigenvalue weighted by Crippen LogP contribution is 2.62. The molecular formula is C55H77N3O7. The van der Waals surface area contributed by atoms with E-state index in [1.807, 2.05) is 6.07 Å². The summed E-state index contributed by atoms with van der Waals surface area (Å²) in [5.41, 5.74) is 3.99. The van der Waals surface area contributed by atoms with Gasteiger partial charge < -0.3 is 34.2 Å². The second-order valence-corrected chi connectivity index (χ2v) is 18.9. The van der Waals surface area contributed by atoms with Gasteiger partial charge in [-0.1, -0.05) is 131 Å². The molecule has 354 valence electrons. The molecule has 3 aromatic carbocycles. The van der Waals surface area contributed by atoms with Crippen LogP contribution >= 0.6 is 0 Å². The molecule has 1 amide bonds. The molecule has 2 fully saturated rings. The van der Waals surface area contributed by atoms with Gasteiger partial charge in [-0.15, -0.1) is 6.58 Å². The predicted molar refractivity (Wildman–Crippen MR) is 260 cm³/mol. The lowest BCUT2D eigenvalue weighted by Gasteiger charge is -2.60. The molecule has 10 nitrogen and oxygen atoms in total.